The van der Waals surface area contributed by atoms with Crippen LogP contribution in [-0.2, 0) is 19.1 Å². The van der Waals surface area contributed by atoms with Crippen LogP contribution in [0.15, 0.2) is 12.2 Å². The van der Waals surface area contributed by atoms with Gasteiger partial charge in [0.15, 0.2) is 6.10 Å². The number of carbonyl (C=O) groups excluding carboxylic acids is 2. The number of rotatable bonds is 42. The van der Waals surface area contributed by atoms with Crippen molar-refractivity contribution in [3.8, 4) is 0 Å². The summed E-state index contributed by atoms with van der Waals surface area (Å²) in [7, 11) is 0. The monoisotopic (exact) mass is 721 g/mol. The van der Waals surface area contributed by atoms with E-state index in [2.05, 4.69) is 26.0 Å². The molecular weight excluding hydrogens is 633 g/mol. The van der Waals surface area contributed by atoms with E-state index in [1.807, 2.05) is 0 Å². The Kier molecular flexibility index (Phi) is 41.9. The van der Waals surface area contributed by atoms with Gasteiger partial charge >= 0.3 is 11.9 Å². The van der Waals surface area contributed by atoms with Gasteiger partial charge < -0.3 is 14.6 Å². The van der Waals surface area contributed by atoms with Crippen molar-refractivity contribution in [1.82, 2.24) is 0 Å². The third kappa shape index (κ3) is 41.3. The van der Waals surface area contributed by atoms with Crippen molar-refractivity contribution < 1.29 is 24.2 Å². The topological polar surface area (TPSA) is 72.8 Å². The highest BCUT2D eigenvalue weighted by Crippen LogP contribution is 2.17. The second kappa shape index (κ2) is 43.0. The molecule has 0 fully saturated rings. The minimum absolute atomic E-state index is 0.0634. The average Bonchev–Trinajstić information content (AvgIpc) is 3.13. The number of allylic oxidation sites excluding steroid dienone is 2. The number of carbonyl (C=O) groups is 2. The molecule has 0 spiro atoms. The van der Waals surface area contributed by atoms with Crippen LogP contribution in [0, 0.1) is 0 Å². The van der Waals surface area contributed by atoms with Gasteiger partial charge in [-0.2, -0.15) is 0 Å². The molecule has 0 saturated carbocycles. The van der Waals surface area contributed by atoms with E-state index in [0.29, 0.717) is 12.8 Å². The molecule has 0 aliphatic rings. The standard InChI is InChI=1S/C46H88O5/c1-3-5-7-9-11-13-15-16-17-18-19-20-21-22-23-24-25-26-27-28-29-30-31-33-34-36-38-40-45(48)50-43-44(42-47)51-46(49)41-39-37-35-32-14-12-10-8-6-4-2/h8,10,44,47H,3-7,9,11-43H2,1-2H3/b10-8-. The lowest BCUT2D eigenvalue weighted by atomic mass is 10.0. The van der Waals surface area contributed by atoms with Gasteiger partial charge in [0.2, 0.25) is 0 Å². The van der Waals surface area contributed by atoms with Crippen LogP contribution in [0.3, 0.4) is 0 Å². The Bertz CT molecular complexity index is 735. The lowest BCUT2D eigenvalue weighted by Crippen LogP contribution is -2.28. The number of aliphatic hydroxyl groups excluding tert-OH is 1. The maximum absolute atomic E-state index is 12.1. The normalized spacial score (nSPS) is 12.1. The average molecular weight is 721 g/mol. The molecule has 0 aromatic rings. The first-order chi connectivity index (χ1) is 25.1. The zero-order chi connectivity index (χ0) is 37.1. The third-order valence-corrected chi connectivity index (χ3v) is 10.3. The van der Waals surface area contributed by atoms with Crippen molar-refractivity contribution in [3.05, 3.63) is 12.2 Å². The second-order valence-electron chi connectivity index (χ2n) is 15.5. The van der Waals surface area contributed by atoms with E-state index in [1.165, 1.54) is 180 Å². The van der Waals surface area contributed by atoms with E-state index < -0.39 is 6.10 Å². The molecular formula is C46H88O5. The van der Waals surface area contributed by atoms with E-state index in [1.54, 1.807) is 0 Å². The number of ether oxygens (including phenoxy) is 2. The van der Waals surface area contributed by atoms with Crippen molar-refractivity contribution in [2.24, 2.45) is 0 Å². The Morgan fingerprint density at radius 1 is 0.431 bits per heavy atom. The Balaban J connectivity index is 3.38. The lowest BCUT2D eigenvalue weighted by Gasteiger charge is -2.15. The minimum Gasteiger partial charge on any atom is -0.462 e. The fourth-order valence-corrected chi connectivity index (χ4v) is 6.85. The Morgan fingerprint density at radius 2 is 0.765 bits per heavy atom. The highest BCUT2D eigenvalue weighted by atomic mass is 16.6. The first-order valence-corrected chi connectivity index (χ1v) is 22.7. The van der Waals surface area contributed by atoms with E-state index in [9.17, 15) is 14.7 Å². The molecule has 0 heterocycles. The molecule has 1 N–H and O–H groups in total. The molecule has 302 valence electrons. The maximum Gasteiger partial charge on any atom is 0.306 e. The quantitative estimate of drug-likeness (QED) is 0.0386. The molecule has 1 atom stereocenters. The van der Waals surface area contributed by atoms with Crippen molar-refractivity contribution in [3.63, 3.8) is 0 Å². The largest absolute Gasteiger partial charge is 0.462 e. The van der Waals surface area contributed by atoms with Gasteiger partial charge in [0, 0.05) is 12.8 Å². The zero-order valence-corrected chi connectivity index (χ0v) is 34.4. The third-order valence-electron chi connectivity index (χ3n) is 10.3. The van der Waals surface area contributed by atoms with Gasteiger partial charge in [0.25, 0.3) is 0 Å². The van der Waals surface area contributed by atoms with Crippen LogP contribution in [0.5, 0.6) is 0 Å². The molecule has 0 aliphatic heterocycles. The number of aliphatic hydroxyl groups is 1. The highest BCUT2D eigenvalue weighted by molar-refractivity contribution is 5.70. The molecule has 0 aliphatic carbocycles. The zero-order valence-electron chi connectivity index (χ0n) is 34.4. The van der Waals surface area contributed by atoms with Crippen LogP contribution in [0.1, 0.15) is 251 Å². The van der Waals surface area contributed by atoms with Gasteiger partial charge in [-0.15, -0.1) is 0 Å². The molecule has 0 saturated heterocycles. The Morgan fingerprint density at radius 3 is 1.14 bits per heavy atom. The smallest absolute Gasteiger partial charge is 0.306 e. The molecule has 51 heavy (non-hydrogen) atoms. The Hall–Kier alpha value is -1.36. The maximum atomic E-state index is 12.1. The molecule has 0 radical (unpaired) electrons. The van der Waals surface area contributed by atoms with Gasteiger partial charge in [-0.3, -0.25) is 9.59 Å². The number of unbranched alkanes of at least 4 members (excludes halogenated alkanes) is 32. The van der Waals surface area contributed by atoms with Crippen molar-refractivity contribution >= 4 is 11.9 Å². The van der Waals surface area contributed by atoms with Crippen LogP contribution in [-0.4, -0.2) is 36.4 Å². The fraction of sp³-hybridized carbons (Fsp3) is 0.913. The summed E-state index contributed by atoms with van der Waals surface area (Å²) in [6.07, 6.45) is 50.3. The highest BCUT2D eigenvalue weighted by Gasteiger charge is 2.16. The van der Waals surface area contributed by atoms with Gasteiger partial charge in [-0.05, 0) is 32.1 Å². The first-order valence-electron chi connectivity index (χ1n) is 22.7. The van der Waals surface area contributed by atoms with Crippen LogP contribution in [0.2, 0.25) is 0 Å². The fourth-order valence-electron chi connectivity index (χ4n) is 6.85. The summed E-state index contributed by atoms with van der Waals surface area (Å²) < 4.78 is 10.6. The van der Waals surface area contributed by atoms with Crippen LogP contribution >= 0.6 is 0 Å². The summed E-state index contributed by atoms with van der Waals surface area (Å²) in [5.41, 5.74) is 0. The van der Waals surface area contributed by atoms with E-state index in [0.717, 1.165) is 44.9 Å². The first kappa shape index (κ1) is 49.6. The number of hydrogen-bond donors (Lipinski definition) is 1. The van der Waals surface area contributed by atoms with Gasteiger partial charge in [0.1, 0.15) is 6.61 Å². The lowest BCUT2D eigenvalue weighted by molar-refractivity contribution is -0.161. The summed E-state index contributed by atoms with van der Waals surface area (Å²) >= 11 is 0. The number of hydrogen-bond acceptors (Lipinski definition) is 5. The minimum atomic E-state index is -0.768. The SMILES string of the molecule is CCC/C=C\CCCCCCCC(=O)OC(CO)COC(=O)CCCCCCCCCCCCCCCCCCCCCCCCCCCCC. The van der Waals surface area contributed by atoms with E-state index >= 15 is 0 Å². The molecule has 5 heteroatoms. The number of esters is 2. The molecule has 0 aromatic carbocycles. The molecule has 0 aromatic heterocycles. The summed E-state index contributed by atoms with van der Waals surface area (Å²) in [4.78, 5) is 24.2. The predicted molar refractivity (Wildman–Crippen MR) is 219 cm³/mol. The predicted octanol–water partition coefficient (Wildman–Crippen LogP) is 14.5. The van der Waals surface area contributed by atoms with Crippen molar-refractivity contribution in [1.29, 1.82) is 0 Å². The summed E-state index contributed by atoms with van der Waals surface area (Å²) in [6.45, 7) is 4.09. The second-order valence-corrected chi connectivity index (χ2v) is 15.5. The van der Waals surface area contributed by atoms with Crippen LogP contribution in [0.25, 0.3) is 0 Å². The van der Waals surface area contributed by atoms with Gasteiger partial charge in [0.05, 0.1) is 6.61 Å². The molecule has 1 unspecified atom stereocenters. The summed E-state index contributed by atoms with van der Waals surface area (Å²) in [5.74, 6) is -0.591. The van der Waals surface area contributed by atoms with Crippen LogP contribution in [0.4, 0.5) is 0 Å². The molecule has 0 bridgehead atoms. The van der Waals surface area contributed by atoms with E-state index in [4.69, 9.17) is 9.47 Å². The molecule has 0 amide bonds. The van der Waals surface area contributed by atoms with Crippen LogP contribution < -0.4 is 0 Å². The van der Waals surface area contributed by atoms with Crippen molar-refractivity contribution in [2.45, 2.75) is 258 Å². The molecule has 0 rings (SSSR count). The van der Waals surface area contributed by atoms with E-state index in [-0.39, 0.29) is 25.2 Å². The Labute approximate surface area is 318 Å². The summed E-state index contributed by atoms with van der Waals surface area (Å²) in [5, 5.41) is 9.54. The van der Waals surface area contributed by atoms with Crippen molar-refractivity contribution in [2.75, 3.05) is 13.2 Å². The molecule has 5 nitrogen and oxygen atoms in total. The van der Waals surface area contributed by atoms with Gasteiger partial charge in [-0.1, -0.05) is 219 Å². The van der Waals surface area contributed by atoms with Gasteiger partial charge in [-0.25, -0.2) is 0 Å². The summed E-state index contributed by atoms with van der Waals surface area (Å²) in [6, 6.07) is 0.